The lowest BCUT2D eigenvalue weighted by atomic mass is 10.0. The zero-order chi connectivity index (χ0) is 22.6. The van der Waals surface area contributed by atoms with Gasteiger partial charge in [0.15, 0.2) is 0 Å². The summed E-state index contributed by atoms with van der Waals surface area (Å²) in [5, 5.41) is 0.730. The summed E-state index contributed by atoms with van der Waals surface area (Å²) in [6, 6.07) is 22.5. The Morgan fingerprint density at radius 1 is 1.03 bits per heavy atom. The van der Waals surface area contributed by atoms with Crippen molar-refractivity contribution >= 4 is 10.0 Å². The van der Waals surface area contributed by atoms with Gasteiger partial charge in [0.25, 0.3) is 0 Å². The molecule has 3 aromatic rings. The maximum Gasteiger partial charge on any atom is 0.219 e. The molecule has 4 rings (SSSR count). The van der Waals surface area contributed by atoms with Crippen molar-refractivity contribution in [2.75, 3.05) is 13.7 Å². The number of nitrogens with zero attached hydrogens (tertiary/aromatic N) is 1. The second-order valence-corrected chi connectivity index (χ2v) is 9.65. The van der Waals surface area contributed by atoms with Crippen LogP contribution in [0.4, 0.5) is 4.39 Å². The van der Waals surface area contributed by atoms with Crippen molar-refractivity contribution in [3.63, 3.8) is 0 Å². The van der Waals surface area contributed by atoms with Gasteiger partial charge in [-0.05, 0) is 41.0 Å². The van der Waals surface area contributed by atoms with Crippen LogP contribution in [0.5, 0.6) is 5.75 Å². The van der Waals surface area contributed by atoms with Gasteiger partial charge in [0, 0.05) is 13.6 Å². The fourth-order valence-electron chi connectivity index (χ4n) is 3.75. The van der Waals surface area contributed by atoms with E-state index in [2.05, 4.69) is 4.72 Å². The maximum absolute atomic E-state index is 13.4. The number of halogens is 1. The van der Waals surface area contributed by atoms with E-state index in [1.807, 2.05) is 54.6 Å². The van der Waals surface area contributed by atoms with Crippen molar-refractivity contribution < 1.29 is 22.4 Å². The molecule has 1 aliphatic heterocycles. The Labute approximate surface area is 187 Å². The molecule has 3 aromatic carbocycles. The molecule has 0 saturated carbocycles. The molecule has 1 saturated heterocycles. The SMILES string of the molecule is CN1OC[C@H](S(=O)(=O)NCc2cccc(F)c2)[C@H]1c1cccc(OCc2ccccc2)c1. The first kappa shape index (κ1) is 22.4. The molecule has 1 N–H and O–H groups in total. The third-order valence-electron chi connectivity index (χ3n) is 5.40. The minimum atomic E-state index is -3.75. The summed E-state index contributed by atoms with van der Waals surface area (Å²) >= 11 is 0. The summed E-state index contributed by atoms with van der Waals surface area (Å²) in [5.74, 6) is 0.242. The normalized spacial score (nSPS) is 19.2. The first-order valence-corrected chi connectivity index (χ1v) is 11.8. The summed E-state index contributed by atoms with van der Waals surface area (Å²) in [5.41, 5.74) is 2.37. The van der Waals surface area contributed by atoms with Gasteiger partial charge in [-0.25, -0.2) is 17.5 Å². The number of sulfonamides is 1. The Balaban J connectivity index is 1.49. The molecule has 0 aromatic heterocycles. The van der Waals surface area contributed by atoms with E-state index in [1.54, 1.807) is 24.2 Å². The van der Waals surface area contributed by atoms with Crippen molar-refractivity contribution in [1.29, 1.82) is 0 Å². The van der Waals surface area contributed by atoms with Crippen LogP contribution in [0.3, 0.4) is 0 Å². The minimum Gasteiger partial charge on any atom is -0.489 e. The molecule has 6 nitrogen and oxygen atoms in total. The van der Waals surface area contributed by atoms with Crippen molar-refractivity contribution in [3.8, 4) is 5.75 Å². The first-order chi connectivity index (χ1) is 15.4. The van der Waals surface area contributed by atoms with Crippen LogP contribution >= 0.6 is 0 Å². The van der Waals surface area contributed by atoms with Gasteiger partial charge < -0.3 is 4.74 Å². The average molecular weight is 457 g/mol. The quantitative estimate of drug-likeness (QED) is 0.558. The van der Waals surface area contributed by atoms with Crippen LogP contribution in [0, 0.1) is 5.82 Å². The number of ether oxygens (including phenoxy) is 1. The van der Waals surface area contributed by atoms with Crippen LogP contribution in [0.15, 0.2) is 78.9 Å². The molecule has 0 bridgehead atoms. The molecular weight excluding hydrogens is 431 g/mol. The molecule has 1 aliphatic rings. The Hall–Kier alpha value is -2.78. The molecule has 0 aliphatic carbocycles. The van der Waals surface area contributed by atoms with Gasteiger partial charge in [-0.3, -0.25) is 4.84 Å². The van der Waals surface area contributed by atoms with E-state index in [0.29, 0.717) is 17.9 Å². The second-order valence-electron chi connectivity index (χ2n) is 7.67. The van der Waals surface area contributed by atoms with E-state index in [-0.39, 0.29) is 13.2 Å². The van der Waals surface area contributed by atoms with Crippen molar-refractivity contribution in [3.05, 3.63) is 101 Å². The van der Waals surface area contributed by atoms with E-state index in [0.717, 1.165) is 11.1 Å². The van der Waals surface area contributed by atoms with E-state index in [1.165, 1.54) is 12.1 Å². The fraction of sp³-hybridized carbons (Fsp3) is 0.250. The molecule has 0 unspecified atom stereocenters. The third kappa shape index (κ3) is 5.34. The Morgan fingerprint density at radius 3 is 2.56 bits per heavy atom. The molecule has 32 heavy (non-hydrogen) atoms. The number of benzene rings is 3. The topological polar surface area (TPSA) is 67.9 Å². The van der Waals surface area contributed by atoms with Gasteiger partial charge in [0.2, 0.25) is 10.0 Å². The molecular formula is C24H25FN2O4S. The van der Waals surface area contributed by atoms with Gasteiger partial charge in [-0.1, -0.05) is 54.6 Å². The van der Waals surface area contributed by atoms with Crippen LogP contribution < -0.4 is 9.46 Å². The smallest absolute Gasteiger partial charge is 0.219 e. The molecule has 0 amide bonds. The summed E-state index contributed by atoms with van der Waals surface area (Å²) in [6.45, 7) is 0.445. The average Bonchev–Trinajstić information content (AvgIpc) is 3.20. The molecule has 0 radical (unpaired) electrons. The summed E-state index contributed by atoms with van der Waals surface area (Å²) in [6.07, 6.45) is 0. The lowest BCUT2D eigenvalue weighted by Crippen LogP contribution is -2.39. The summed E-state index contributed by atoms with van der Waals surface area (Å²) in [4.78, 5) is 5.57. The largest absolute Gasteiger partial charge is 0.489 e. The lowest BCUT2D eigenvalue weighted by Gasteiger charge is -2.23. The lowest BCUT2D eigenvalue weighted by molar-refractivity contribution is -0.110. The Kier molecular flexibility index (Phi) is 6.86. The maximum atomic E-state index is 13.4. The van der Waals surface area contributed by atoms with Crippen LogP contribution in [0.25, 0.3) is 0 Å². The Bertz CT molecular complexity index is 1160. The third-order valence-corrected chi connectivity index (χ3v) is 7.14. The number of rotatable bonds is 8. The zero-order valence-electron chi connectivity index (χ0n) is 17.6. The minimum absolute atomic E-state index is 0.00720. The highest BCUT2D eigenvalue weighted by Gasteiger charge is 2.43. The van der Waals surface area contributed by atoms with Gasteiger partial charge in [-0.15, -0.1) is 0 Å². The highest BCUT2D eigenvalue weighted by atomic mass is 32.2. The molecule has 2 atom stereocenters. The van der Waals surface area contributed by atoms with Gasteiger partial charge >= 0.3 is 0 Å². The van der Waals surface area contributed by atoms with E-state index >= 15 is 0 Å². The van der Waals surface area contributed by atoms with Crippen LogP contribution in [0.2, 0.25) is 0 Å². The zero-order valence-corrected chi connectivity index (χ0v) is 18.5. The van der Waals surface area contributed by atoms with Crippen molar-refractivity contribution in [1.82, 2.24) is 9.79 Å². The van der Waals surface area contributed by atoms with Gasteiger partial charge in [0.05, 0.1) is 12.6 Å². The van der Waals surface area contributed by atoms with Crippen LogP contribution in [0.1, 0.15) is 22.7 Å². The number of hydrogen-bond acceptors (Lipinski definition) is 5. The molecule has 0 spiro atoms. The van der Waals surface area contributed by atoms with E-state index < -0.39 is 27.1 Å². The predicted octanol–water partition coefficient (Wildman–Crippen LogP) is 3.81. The highest BCUT2D eigenvalue weighted by molar-refractivity contribution is 7.90. The number of hydroxylamine groups is 2. The van der Waals surface area contributed by atoms with Crippen molar-refractivity contribution in [2.45, 2.75) is 24.4 Å². The highest BCUT2D eigenvalue weighted by Crippen LogP contribution is 2.34. The van der Waals surface area contributed by atoms with Gasteiger partial charge in [-0.2, -0.15) is 5.06 Å². The molecule has 168 valence electrons. The van der Waals surface area contributed by atoms with E-state index in [9.17, 15) is 12.8 Å². The molecule has 8 heteroatoms. The van der Waals surface area contributed by atoms with Crippen molar-refractivity contribution in [2.24, 2.45) is 0 Å². The predicted molar refractivity (Wildman–Crippen MR) is 120 cm³/mol. The first-order valence-electron chi connectivity index (χ1n) is 10.3. The molecule has 1 fully saturated rings. The van der Waals surface area contributed by atoms with Crippen LogP contribution in [-0.4, -0.2) is 32.4 Å². The van der Waals surface area contributed by atoms with E-state index in [4.69, 9.17) is 9.57 Å². The second kappa shape index (κ2) is 9.79. The summed E-state index contributed by atoms with van der Waals surface area (Å²) in [7, 11) is -2.04. The standard InChI is InChI=1S/C24H25FN2O4S/c1-27-24(20-10-6-12-22(14-20)30-16-18-7-3-2-4-8-18)23(17-31-27)32(28,29)26-15-19-9-5-11-21(25)13-19/h2-14,23-24,26H,15-17H2,1H3/t23-,24+/m0/s1. The number of hydrogen-bond donors (Lipinski definition) is 1. The van der Waals surface area contributed by atoms with Gasteiger partial charge in [0.1, 0.15) is 23.4 Å². The number of nitrogens with one attached hydrogen (secondary N) is 1. The monoisotopic (exact) mass is 456 g/mol. The summed E-state index contributed by atoms with van der Waals surface area (Å²) < 4.78 is 48.1. The molecule has 1 heterocycles. The Morgan fingerprint density at radius 2 is 1.78 bits per heavy atom. The fourth-order valence-corrected chi connectivity index (χ4v) is 5.24. The van der Waals surface area contributed by atoms with Crippen LogP contribution in [-0.2, 0) is 28.0 Å².